The number of nitrogens with one attached hydrogen (secondary N) is 2. The minimum absolute atomic E-state index is 0.181. The van der Waals surface area contributed by atoms with Crippen molar-refractivity contribution in [1.82, 2.24) is 5.32 Å². The molecule has 0 atom stereocenters. The van der Waals surface area contributed by atoms with Crippen LogP contribution in [0.1, 0.15) is 35.7 Å². The lowest BCUT2D eigenvalue weighted by Crippen LogP contribution is -2.39. The predicted octanol–water partition coefficient (Wildman–Crippen LogP) is 2.29. The number of carbonyl (C=O) groups excluding carboxylic acids is 3. The predicted molar refractivity (Wildman–Crippen MR) is 92.5 cm³/mol. The highest BCUT2D eigenvalue weighted by molar-refractivity contribution is 6.42. The first-order chi connectivity index (χ1) is 11.4. The summed E-state index contributed by atoms with van der Waals surface area (Å²) in [5.41, 5.74) is 7.74. The second-order valence-corrected chi connectivity index (χ2v) is 5.60. The first-order valence-corrected chi connectivity index (χ1v) is 7.49. The zero-order valence-electron chi connectivity index (χ0n) is 13.5. The Balaban J connectivity index is 2.04. The Morgan fingerprint density at radius 1 is 0.917 bits per heavy atom. The Kier molecular flexibility index (Phi) is 5.31. The van der Waals surface area contributed by atoms with E-state index < -0.39 is 17.7 Å². The number of hydrogen-bond donors (Lipinski definition) is 3. The second kappa shape index (κ2) is 7.41. The highest BCUT2D eigenvalue weighted by atomic mass is 16.2. The van der Waals surface area contributed by atoms with Crippen molar-refractivity contribution in [2.24, 2.45) is 0 Å². The molecule has 2 rings (SSSR count). The number of anilines is 2. The monoisotopic (exact) mass is 325 g/mol. The SMILES string of the molecule is CC(C)c1ccccc1NC(=O)C(=O)NC(=O)c1ccc(N)cc1. The molecule has 0 heterocycles. The minimum Gasteiger partial charge on any atom is -0.399 e. The Labute approximate surface area is 140 Å². The summed E-state index contributed by atoms with van der Waals surface area (Å²) in [6.45, 7) is 3.96. The maximum atomic E-state index is 12.0. The molecule has 2 aromatic rings. The molecule has 4 N–H and O–H groups in total. The van der Waals surface area contributed by atoms with Crippen LogP contribution in [0.5, 0.6) is 0 Å². The average Bonchev–Trinajstić information content (AvgIpc) is 2.55. The summed E-state index contributed by atoms with van der Waals surface area (Å²) in [6, 6.07) is 13.2. The molecule has 6 heteroatoms. The van der Waals surface area contributed by atoms with Crippen molar-refractivity contribution in [3.63, 3.8) is 0 Å². The summed E-state index contributed by atoms with van der Waals surface area (Å²) in [5, 5.41) is 4.59. The third-order valence-electron chi connectivity index (χ3n) is 3.44. The van der Waals surface area contributed by atoms with Crippen LogP contribution in [0.4, 0.5) is 11.4 Å². The van der Waals surface area contributed by atoms with Crippen LogP contribution in [0, 0.1) is 0 Å². The van der Waals surface area contributed by atoms with E-state index in [9.17, 15) is 14.4 Å². The molecule has 0 radical (unpaired) electrons. The number of carbonyl (C=O) groups is 3. The summed E-state index contributed by atoms with van der Waals surface area (Å²) < 4.78 is 0. The van der Waals surface area contributed by atoms with Crippen LogP contribution >= 0.6 is 0 Å². The van der Waals surface area contributed by atoms with Gasteiger partial charge in [-0.25, -0.2) is 0 Å². The molecule has 0 bridgehead atoms. The first kappa shape index (κ1) is 17.2. The van der Waals surface area contributed by atoms with Crippen LogP contribution in [0.2, 0.25) is 0 Å². The van der Waals surface area contributed by atoms with Crippen molar-refractivity contribution in [2.45, 2.75) is 19.8 Å². The van der Waals surface area contributed by atoms with Gasteiger partial charge in [0.15, 0.2) is 0 Å². The average molecular weight is 325 g/mol. The van der Waals surface area contributed by atoms with Crippen molar-refractivity contribution in [3.05, 3.63) is 59.7 Å². The number of rotatable bonds is 3. The zero-order chi connectivity index (χ0) is 17.7. The fourth-order valence-corrected chi connectivity index (χ4v) is 2.16. The summed E-state index contributed by atoms with van der Waals surface area (Å²) in [6.07, 6.45) is 0. The lowest BCUT2D eigenvalue weighted by molar-refractivity contribution is -0.135. The Bertz CT molecular complexity index is 767. The van der Waals surface area contributed by atoms with Gasteiger partial charge >= 0.3 is 11.8 Å². The van der Waals surface area contributed by atoms with Crippen LogP contribution in [-0.4, -0.2) is 17.7 Å². The van der Waals surface area contributed by atoms with Gasteiger partial charge in [-0.3, -0.25) is 19.7 Å². The van der Waals surface area contributed by atoms with Crippen molar-refractivity contribution in [2.75, 3.05) is 11.1 Å². The topological polar surface area (TPSA) is 101 Å². The fraction of sp³-hybridized carbons (Fsp3) is 0.167. The molecule has 0 aliphatic rings. The van der Waals surface area contributed by atoms with Crippen LogP contribution in [0.3, 0.4) is 0 Å². The number of benzene rings is 2. The molecular formula is C18H19N3O3. The molecule has 0 fully saturated rings. The number of amides is 3. The molecule has 124 valence electrons. The van der Waals surface area contributed by atoms with E-state index in [1.807, 2.05) is 26.0 Å². The van der Waals surface area contributed by atoms with Crippen LogP contribution in [0.15, 0.2) is 48.5 Å². The maximum Gasteiger partial charge on any atom is 0.316 e. The van der Waals surface area contributed by atoms with E-state index in [4.69, 9.17) is 5.73 Å². The highest BCUT2D eigenvalue weighted by Crippen LogP contribution is 2.23. The van der Waals surface area contributed by atoms with E-state index >= 15 is 0 Å². The smallest absolute Gasteiger partial charge is 0.316 e. The van der Waals surface area contributed by atoms with Gasteiger partial charge in [0, 0.05) is 16.9 Å². The van der Waals surface area contributed by atoms with Crippen molar-refractivity contribution < 1.29 is 14.4 Å². The third-order valence-corrected chi connectivity index (χ3v) is 3.44. The van der Waals surface area contributed by atoms with Crippen molar-refractivity contribution in [3.8, 4) is 0 Å². The Morgan fingerprint density at radius 2 is 1.54 bits per heavy atom. The van der Waals surface area contributed by atoms with Gasteiger partial charge in [-0.1, -0.05) is 32.0 Å². The largest absolute Gasteiger partial charge is 0.399 e. The molecule has 0 saturated carbocycles. The number of nitrogen functional groups attached to an aromatic ring is 1. The molecule has 0 aliphatic heterocycles. The van der Waals surface area contributed by atoms with E-state index in [2.05, 4.69) is 10.6 Å². The molecule has 6 nitrogen and oxygen atoms in total. The minimum atomic E-state index is -1.02. The van der Waals surface area contributed by atoms with Crippen LogP contribution in [0.25, 0.3) is 0 Å². The van der Waals surface area contributed by atoms with Gasteiger partial charge in [0.05, 0.1) is 0 Å². The molecule has 3 amide bonds. The number of imide groups is 1. The lowest BCUT2D eigenvalue weighted by Gasteiger charge is -2.13. The number of hydrogen-bond acceptors (Lipinski definition) is 4. The standard InChI is InChI=1S/C18H19N3O3/c1-11(2)14-5-3-4-6-15(14)20-17(23)18(24)21-16(22)12-7-9-13(19)10-8-12/h3-11H,19H2,1-2H3,(H,20,23)(H,21,22,24). The molecule has 0 saturated heterocycles. The number of para-hydroxylation sites is 1. The molecule has 0 aromatic heterocycles. The maximum absolute atomic E-state index is 12.0. The van der Waals surface area contributed by atoms with Gasteiger partial charge < -0.3 is 11.1 Å². The third kappa shape index (κ3) is 4.19. The van der Waals surface area contributed by atoms with Crippen LogP contribution in [-0.2, 0) is 9.59 Å². The van der Waals surface area contributed by atoms with E-state index in [1.165, 1.54) is 12.1 Å². The van der Waals surface area contributed by atoms with Gasteiger partial charge in [-0.15, -0.1) is 0 Å². The Morgan fingerprint density at radius 3 is 2.17 bits per heavy atom. The van der Waals surface area contributed by atoms with Crippen LogP contribution < -0.4 is 16.4 Å². The van der Waals surface area contributed by atoms with Crippen molar-refractivity contribution >= 4 is 29.1 Å². The molecule has 0 spiro atoms. The van der Waals surface area contributed by atoms with Gasteiger partial charge in [0.1, 0.15) is 0 Å². The quantitative estimate of drug-likeness (QED) is 0.595. The molecule has 24 heavy (non-hydrogen) atoms. The van der Waals surface area contributed by atoms with Gasteiger partial charge in [-0.05, 0) is 41.8 Å². The summed E-state index contributed by atoms with van der Waals surface area (Å²) in [7, 11) is 0. The molecule has 2 aromatic carbocycles. The van der Waals surface area contributed by atoms with E-state index in [0.717, 1.165) is 5.56 Å². The molecule has 0 unspecified atom stereocenters. The number of nitrogens with two attached hydrogens (primary N) is 1. The normalized spacial score (nSPS) is 10.3. The van der Waals surface area contributed by atoms with Gasteiger partial charge in [-0.2, -0.15) is 0 Å². The van der Waals surface area contributed by atoms with Gasteiger partial charge in [0.25, 0.3) is 5.91 Å². The second-order valence-electron chi connectivity index (χ2n) is 5.60. The van der Waals surface area contributed by atoms with E-state index in [0.29, 0.717) is 11.4 Å². The van der Waals surface area contributed by atoms with E-state index in [-0.39, 0.29) is 11.5 Å². The summed E-state index contributed by atoms with van der Waals surface area (Å²) >= 11 is 0. The fourth-order valence-electron chi connectivity index (χ4n) is 2.16. The molecular weight excluding hydrogens is 306 g/mol. The summed E-state index contributed by atoms with van der Waals surface area (Å²) in [4.78, 5) is 35.9. The van der Waals surface area contributed by atoms with E-state index in [1.54, 1.807) is 24.3 Å². The van der Waals surface area contributed by atoms with Crippen molar-refractivity contribution in [1.29, 1.82) is 0 Å². The summed E-state index contributed by atoms with van der Waals surface area (Å²) in [5.74, 6) is -2.39. The first-order valence-electron chi connectivity index (χ1n) is 7.49. The lowest BCUT2D eigenvalue weighted by atomic mass is 10.0. The highest BCUT2D eigenvalue weighted by Gasteiger charge is 2.19. The zero-order valence-corrected chi connectivity index (χ0v) is 13.5. The Hall–Kier alpha value is -3.15. The van der Waals surface area contributed by atoms with Gasteiger partial charge in [0.2, 0.25) is 0 Å². The molecule has 0 aliphatic carbocycles.